The second-order valence-electron chi connectivity index (χ2n) is 6.47. The third-order valence-corrected chi connectivity index (χ3v) is 5.22. The lowest BCUT2D eigenvalue weighted by Crippen LogP contribution is -2.38. The van der Waals surface area contributed by atoms with Crippen molar-refractivity contribution in [2.45, 2.75) is 6.92 Å². The Morgan fingerprint density at radius 1 is 1.10 bits per heavy atom. The normalized spacial score (nSPS) is 10.7. The van der Waals surface area contributed by atoms with Crippen molar-refractivity contribution in [3.05, 3.63) is 72.3 Å². The van der Waals surface area contributed by atoms with Crippen molar-refractivity contribution in [1.29, 1.82) is 0 Å². The minimum absolute atomic E-state index is 0.192. The fourth-order valence-corrected chi connectivity index (χ4v) is 3.50. The van der Waals surface area contributed by atoms with Crippen LogP contribution < -0.4 is 14.9 Å². The Balaban J connectivity index is 2.27. The number of amides is 2. The molecule has 0 saturated carbocycles. The summed E-state index contributed by atoms with van der Waals surface area (Å²) in [4.78, 5) is 36.5. The molecule has 0 bridgehead atoms. The molecule has 2 rings (SSSR count). The molecule has 0 aliphatic rings. The first-order valence-electron chi connectivity index (χ1n) is 9.00. The number of hydrogen-bond donors (Lipinski definition) is 2. The highest BCUT2D eigenvalue weighted by molar-refractivity contribution is 7.92. The number of nitrogens with one attached hydrogen (secondary N) is 2. The first-order chi connectivity index (χ1) is 14.1. The third-order valence-electron chi connectivity index (χ3n) is 4.08. The molecule has 8 nitrogen and oxygen atoms in total. The van der Waals surface area contributed by atoms with Gasteiger partial charge in [0.2, 0.25) is 15.9 Å². The van der Waals surface area contributed by atoms with Gasteiger partial charge in [-0.1, -0.05) is 30.3 Å². The van der Waals surface area contributed by atoms with Crippen LogP contribution in [0.5, 0.6) is 0 Å². The van der Waals surface area contributed by atoms with Crippen LogP contribution in [0, 0.1) is 0 Å². The van der Waals surface area contributed by atoms with E-state index in [4.69, 9.17) is 0 Å². The first-order valence-corrected chi connectivity index (χ1v) is 10.8. The lowest BCUT2D eigenvalue weighted by Gasteiger charge is -2.22. The van der Waals surface area contributed by atoms with Gasteiger partial charge in [-0.25, -0.2) is 8.42 Å². The largest absolute Gasteiger partial charge is 0.349 e. The molecule has 0 heterocycles. The summed E-state index contributed by atoms with van der Waals surface area (Å²) in [6.45, 7) is 4.63. The van der Waals surface area contributed by atoms with Crippen molar-refractivity contribution in [3.63, 3.8) is 0 Å². The Labute approximate surface area is 175 Å². The Morgan fingerprint density at radius 2 is 1.80 bits per heavy atom. The summed E-state index contributed by atoms with van der Waals surface area (Å²) in [5.74, 6) is -1.27. The Kier molecular flexibility index (Phi) is 7.48. The Morgan fingerprint density at radius 3 is 2.43 bits per heavy atom. The molecule has 0 fully saturated rings. The maximum absolute atomic E-state index is 12.6. The van der Waals surface area contributed by atoms with Crippen molar-refractivity contribution < 1.29 is 22.8 Å². The van der Waals surface area contributed by atoms with Crippen molar-refractivity contribution in [3.8, 4) is 0 Å². The lowest BCUT2D eigenvalue weighted by atomic mass is 10.1. The number of carbonyl (C=O) groups excluding carboxylic acids is 3. The number of sulfonamides is 1. The topological polar surface area (TPSA) is 113 Å². The van der Waals surface area contributed by atoms with Crippen LogP contribution in [-0.2, 0) is 14.8 Å². The van der Waals surface area contributed by atoms with E-state index in [1.54, 1.807) is 36.4 Å². The molecule has 0 aromatic heterocycles. The molecule has 2 N–H and O–H groups in total. The third kappa shape index (κ3) is 6.02. The average Bonchev–Trinajstić information content (AvgIpc) is 2.70. The molecule has 158 valence electrons. The highest BCUT2D eigenvalue weighted by atomic mass is 32.2. The molecular formula is C21H23N3O5S. The lowest BCUT2D eigenvalue weighted by molar-refractivity contribution is -0.114. The van der Waals surface area contributed by atoms with E-state index >= 15 is 0 Å². The van der Waals surface area contributed by atoms with E-state index < -0.39 is 28.4 Å². The van der Waals surface area contributed by atoms with Gasteiger partial charge in [-0.15, -0.1) is 6.58 Å². The summed E-state index contributed by atoms with van der Waals surface area (Å²) in [5, 5.41) is 5.20. The number of hydrogen-bond acceptors (Lipinski definition) is 5. The van der Waals surface area contributed by atoms with E-state index in [1.807, 2.05) is 0 Å². The number of rotatable bonds is 9. The molecular weight excluding hydrogens is 406 g/mol. The monoisotopic (exact) mass is 429 g/mol. The number of anilines is 2. The van der Waals surface area contributed by atoms with Crippen LogP contribution in [0.1, 0.15) is 27.6 Å². The zero-order valence-corrected chi connectivity index (χ0v) is 17.5. The molecule has 2 amide bonds. The number of benzene rings is 2. The number of carbonyl (C=O) groups is 3. The van der Waals surface area contributed by atoms with Gasteiger partial charge in [0.25, 0.3) is 5.91 Å². The SMILES string of the molecule is C=CCNC(=O)c1ccccc1NC(=O)CN(c1cccc(C(C)=O)c1)S(C)(=O)=O. The van der Waals surface area contributed by atoms with Gasteiger partial charge in [0.05, 0.1) is 23.2 Å². The van der Waals surface area contributed by atoms with E-state index in [9.17, 15) is 22.8 Å². The smallest absolute Gasteiger partial charge is 0.253 e. The summed E-state index contributed by atoms with van der Waals surface area (Å²) in [6, 6.07) is 12.4. The van der Waals surface area contributed by atoms with Crippen molar-refractivity contribution in [2.24, 2.45) is 0 Å². The van der Waals surface area contributed by atoms with Gasteiger partial charge in [-0.05, 0) is 31.2 Å². The molecule has 9 heteroatoms. The summed E-state index contributed by atoms with van der Waals surface area (Å²) < 4.78 is 25.5. The van der Waals surface area contributed by atoms with Crippen molar-refractivity contribution in [2.75, 3.05) is 29.0 Å². The maximum Gasteiger partial charge on any atom is 0.253 e. The van der Waals surface area contributed by atoms with Gasteiger partial charge < -0.3 is 10.6 Å². The molecule has 2 aromatic rings. The standard InChI is InChI=1S/C21H23N3O5S/c1-4-12-22-21(27)18-10-5-6-11-19(18)23-20(26)14-24(30(3,28)29)17-9-7-8-16(13-17)15(2)25/h4-11,13H,1,12,14H2,2-3H3,(H,22,27)(H,23,26). The molecule has 0 aliphatic heterocycles. The minimum atomic E-state index is -3.82. The van der Waals surface area contributed by atoms with Gasteiger partial charge in [0.15, 0.2) is 5.78 Å². The molecule has 0 atom stereocenters. The van der Waals surface area contributed by atoms with Crippen LogP contribution in [0.2, 0.25) is 0 Å². The second-order valence-corrected chi connectivity index (χ2v) is 8.38. The predicted octanol–water partition coefficient (Wildman–Crippen LogP) is 2.21. The fourth-order valence-electron chi connectivity index (χ4n) is 2.65. The summed E-state index contributed by atoms with van der Waals surface area (Å²) >= 11 is 0. The van der Waals surface area contributed by atoms with Crippen molar-refractivity contribution >= 4 is 39.0 Å². The van der Waals surface area contributed by atoms with Gasteiger partial charge >= 0.3 is 0 Å². The molecule has 0 unspecified atom stereocenters. The van der Waals surface area contributed by atoms with Crippen molar-refractivity contribution in [1.82, 2.24) is 5.32 Å². The second kappa shape index (κ2) is 9.84. The van der Waals surface area contributed by atoms with Crippen LogP contribution in [-0.4, -0.2) is 45.4 Å². The van der Waals surface area contributed by atoms with Crippen LogP contribution in [0.4, 0.5) is 11.4 Å². The van der Waals surface area contributed by atoms with E-state index in [2.05, 4.69) is 17.2 Å². The summed E-state index contributed by atoms with van der Waals surface area (Å²) in [6.07, 6.45) is 2.50. The number of para-hydroxylation sites is 1. The van der Waals surface area contributed by atoms with Crippen LogP contribution in [0.3, 0.4) is 0 Å². The van der Waals surface area contributed by atoms with Gasteiger partial charge in [-0.2, -0.15) is 0 Å². The minimum Gasteiger partial charge on any atom is -0.349 e. The zero-order chi connectivity index (χ0) is 22.3. The molecule has 0 saturated heterocycles. The van der Waals surface area contributed by atoms with E-state index in [1.165, 1.54) is 25.1 Å². The highest BCUT2D eigenvalue weighted by Gasteiger charge is 2.22. The first kappa shape index (κ1) is 22.8. The highest BCUT2D eigenvalue weighted by Crippen LogP contribution is 2.20. The quantitative estimate of drug-likeness (QED) is 0.469. The zero-order valence-electron chi connectivity index (χ0n) is 16.7. The molecule has 30 heavy (non-hydrogen) atoms. The average molecular weight is 429 g/mol. The number of nitrogens with zero attached hydrogens (tertiary/aromatic N) is 1. The molecule has 0 spiro atoms. The van der Waals surface area contributed by atoms with Crippen LogP contribution in [0.15, 0.2) is 61.2 Å². The molecule has 0 radical (unpaired) electrons. The summed E-state index contributed by atoms with van der Waals surface area (Å²) in [5.41, 5.74) is 0.996. The predicted molar refractivity (Wildman–Crippen MR) is 116 cm³/mol. The van der Waals surface area contributed by atoms with Crippen LogP contribution in [0.25, 0.3) is 0 Å². The van der Waals surface area contributed by atoms with E-state index in [0.717, 1.165) is 10.6 Å². The van der Waals surface area contributed by atoms with Gasteiger partial charge in [-0.3, -0.25) is 18.7 Å². The Hall–Kier alpha value is -3.46. The van der Waals surface area contributed by atoms with E-state index in [0.29, 0.717) is 5.56 Å². The number of ketones is 1. The van der Waals surface area contributed by atoms with Gasteiger partial charge in [0.1, 0.15) is 6.54 Å². The van der Waals surface area contributed by atoms with Crippen LogP contribution >= 0.6 is 0 Å². The fraction of sp³-hybridized carbons (Fsp3) is 0.190. The maximum atomic E-state index is 12.6. The Bertz CT molecular complexity index is 1080. The summed E-state index contributed by atoms with van der Waals surface area (Å²) in [7, 11) is -3.82. The number of Topliss-reactive ketones (excluding diaryl/α,β-unsaturated/α-hetero) is 1. The molecule has 2 aromatic carbocycles. The van der Waals surface area contributed by atoms with Gasteiger partial charge in [0, 0.05) is 12.1 Å². The molecule has 0 aliphatic carbocycles. The van der Waals surface area contributed by atoms with E-state index in [-0.39, 0.29) is 29.3 Å².